The van der Waals surface area contributed by atoms with E-state index in [0.29, 0.717) is 6.04 Å². The second-order valence-corrected chi connectivity index (χ2v) is 4.79. The third-order valence-electron chi connectivity index (χ3n) is 3.70. The number of hydrogen-bond donors (Lipinski definition) is 1. The normalized spacial score (nSPS) is 32.9. The minimum Gasteiger partial charge on any atom is -0.344 e. The molecule has 2 aliphatic heterocycles. The lowest BCUT2D eigenvalue weighted by atomic mass is 10.2. The van der Waals surface area contributed by atoms with Gasteiger partial charge in [0, 0.05) is 26.2 Å². The lowest BCUT2D eigenvalue weighted by molar-refractivity contribution is -0.128. The van der Waals surface area contributed by atoms with Gasteiger partial charge < -0.3 is 15.1 Å². The van der Waals surface area contributed by atoms with Crippen LogP contribution in [-0.4, -0.2) is 61.5 Å². The number of rotatable bonds is 3. The second kappa shape index (κ2) is 4.49. The van der Waals surface area contributed by atoms with Gasteiger partial charge in [-0.3, -0.25) is 4.79 Å². The van der Waals surface area contributed by atoms with E-state index in [-0.39, 0.29) is 11.9 Å². The van der Waals surface area contributed by atoms with Gasteiger partial charge in [0.2, 0.25) is 5.91 Å². The SMILES string of the molecule is CN1CCC(NCC2CCCN2C)C1=O. The molecule has 0 saturated carbocycles. The lowest BCUT2D eigenvalue weighted by Crippen LogP contribution is -2.43. The number of likely N-dealkylation sites (N-methyl/N-ethyl adjacent to an activating group) is 2. The van der Waals surface area contributed by atoms with E-state index in [1.165, 1.54) is 19.4 Å². The topological polar surface area (TPSA) is 35.6 Å². The Labute approximate surface area is 91.6 Å². The monoisotopic (exact) mass is 211 g/mol. The summed E-state index contributed by atoms with van der Waals surface area (Å²) in [4.78, 5) is 15.8. The summed E-state index contributed by atoms with van der Waals surface area (Å²) in [5.74, 6) is 0.260. The Morgan fingerprint density at radius 2 is 2.13 bits per heavy atom. The van der Waals surface area contributed by atoms with Crippen molar-refractivity contribution in [1.29, 1.82) is 0 Å². The zero-order chi connectivity index (χ0) is 10.8. The van der Waals surface area contributed by atoms with Gasteiger partial charge in [-0.25, -0.2) is 0 Å². The number of nitrogens with one attached hydrogen (secondary N) is 1. The highest BCUT2D eigenvalue weighted by molar-refractivity contribution is 5.83. The summed E-state index contributed by atoms with van der Waals surface area (Å²) in [7, 11) is 4.05. The molecule has 2 aliphatic rings. The van der Waals surface area contributed by atoms with Crippen LogP contribution < -0.4 is 5.32 Å². The van der Waals surface area contributed by atoms with Gasteiger partial charge in [-0.05, 0) is 32.9 Å². The predicted molar refractivity (Wildman–Crippen MR) is 59.7 cm³/mol. The Bertz CT molecular complexity index is 244. The fraction of sp³-hybridized carbons (Fsp3) is 0.909. The molecule has 0 bridgehead atoms. The Hall–Kier alpha value is -0.610. The van der Waals surface area contributed by atoms with Crippen molar-refractivity contribution in [2.45, 2.75) is 31.3 Å². The fourth-order valence-corrected chi connectivity index (χ4v) is 2.53. The molecular formula is C11H21N3O. The van der Waals surface area contributed by atoms with Crippen molar-refractivity contribution in [1.82, 2.24) is 15.1 Å². The molecule has 0 aromatic heterocycles. The van der Waals surface area contributed by atoms with Crippen LogP contribution in [0.5, 0.6) is 0 Å². The van der Waals surface area contributed by atoms with Gasteiger partial charge in [-0.1, -0.05) is 0 Å². The van der Waals surface area contributed by atoms with Gasteiger partial charge in [0.15, 0.2) is 0 Å². The average molecular weight is 211 g/mol. The van der Waals surface area contributed by atoms with E-state index in [9.17, 15) is 4.79 Å². The molecule has 2 atom stereocenters. The van der Waals surface area contributed by atoms with Gasteiger partial charge in [0.1, 0.15) is 0 Å². The van der Waals surface area contributed by atoms with Crippen LogP contribution in [0.1, 0.15) is 19.3 Å². The van der Waals surface area contributed by atoms with Crippen molar-refractivity contribution >= 4 is 5.91 Å². The zero-order valence-corrected chi connectivity index (χ0v) is 9.70. The summed E-state index contributed by atoms with van der Waals surface area (Å²) >= 11 is 0. The van der Waals surface area contributed by atoms with E-state index >= 15 is 0 Å². The fourth-order valence-electron chi connectivity index (χ4n) is 2.53. The number of nitrogens with zero attached hydrogens (tertiary/aromatic N) is 2. The van der Waals surface area contributed by atoms with Crippen LogP contribution in [0.4, 0.5) is 0 Å². The average Bonchev–Trinajstić information content (AvgIpc) is 2.74. The zero-order valence-electron chi connectivity index (χ0n) is 9.70. The van der Waals surface area contributed by atoms with E-state index in [1.54, 1.807) is 0 Å². The summed E-state index contributed by atoms with van der Waals surface area (Å²) < 4.78 is 0. The maximum atomic E-state index is 11.6. The first-order valence-electron chi connectivity index (χ1n) is 5.87. The van der Waals surface area contributed by atoms with E-state index in [0.717, 1.165) is 19.5 Å². The molecular weight excluding hydrogens is 190 g/mol. The molecule has 4 nitrogen and oxygen atoms in total. The molecule has 86 valence electrons. The highest BCUT2D eigenvalue weighted by atomic mass is 16.2. The van der Waals surface area contributed by atoms with Gasteiger partial charge in [0.05, 0.1) is 6.04 Å². The quantitative estimate of drug-likeness (QED) is 0.708. The molecule has 0 spiro atoms. The Morgan fingerprint density at radius 1 is 1.33 bits per heavy atom. The van der Waals surface area contributed by atoms with Crippen LogP contribution in [0.2, 0.25) is 0 Å². The summed E-state index contributed by atoms with van der Waals surface area (Å²) in [6.07, 6.45) is 3.52. The van der Waals surface area contributed by atoms with Crippen LogP contribution in [0.25, 0.3) is 0 Å². The molecule has 0 aliphatic carbocycles. The van der Waals surface area contributed by atoms with E-state index in [4.69, 9.17) is 0 Å². The van der Waals surface area contributed by atoms with Gasteiger partial charge in [-0.15, -0.1) is 0 Å². The van der Waals surface area contributed by atoms with Crippen molar-refractivity contribution in [2.75, 3.05) is 33.7 Å². The van der Waals surface area contributed by atoms with Gasteiger partial charge >= 0.3 is 0 Å². The van der Waals surface area contributed by atoms with Crippen LogP contribution in [-0.2, 0) is 4.79 Å². The molecule has 2 rings (SSSR count). The number of carbonyl (C=O) groups excluding carboxylic acids is 1. The van der Waals surface area contributed by atoms with Crippen molar-refractivity contribution < 1.29 is 4.79 Å². The minimum atomic E-state index is 0.0731. The summed E-state index contributed by atoms with van der Waals surface area (Å²) in [6.45, 7) is 3.06. The third-order valence-corrected chi connectivity index (χ3v) is 3.70. The number of hydrogen-bond acceptors (Lipinski definition) is 3. The molecule has 1 N–H and O–H groups in total. The number of amides is 1. The molecule has 2 fully saturated rings. The van der Waals surface area contributed by atoms with Crippen molar-refractivity contribution in [2.24, 2.45) is 0 Å². The predicted octanol–water partition coefficient (Wildman–Crippen LogP) is -0.0991. The molecule has 15 heavy (non-hydrogen) atoms. The first-order chi connectivity index (χ1) is 7.18. The van der Waals surface area contributed by atoms with Crippen LogP contribution in [0, 0.1) is 0 Å². The van der Waals surface area contributed by atoms with Crippen LogP contribution in [0.15, 0.2) is 0 Å². The molecule has 2 unspecified atom stereocenters. The second-order valence-electron chi connectivity index (χ2n) is 4.79. The molecule has 0 aromatic carbocycles. The van der Waals surface area contributed by atoms with Crippen LogP contribution >= 0.6 is 0 Å². The summed E-state index contributed by atoms with van der Waals surface area (Å²) in [6, 6.07) is 0.702. The van der Waals surface area contributed by atoms with Gasteiger partial charge in [-0.2, -0.15) is 0 Å². The number of likely N-dealkylation sites (tertiary alicyclic amines) is 2. The molecule has 2 saturated heterocycles. The summed E-state index contributed by atoms with van der Waals surface area (Å²) in [5, 5.41) is 3.40. The number of carbonyl (C=O) groups is 1. The largest absolute Gasteiger partial charge is 0.344 e. The van der Waals surface area contributed by atoms with Gasteiger partial charge in [0.25, 0.3) is 0 Å². The maximum Gasteiger partial charge on any atom is 0.239 e. The Balaban J connectivity index is 1.76. The minimum absolute atomic E-state index is 0.0731. The van der Waals surface area contributed by atoms with E-state index in [2.05, 4.69) is 17.3 Å². The smallest absolute Gasteiger partial charge is 0.239 e. The maximum absolute atomic E-state index is 11.6. The lowest BCUT2D eigenvalue weighted by Gasteiger charge is -2.21. The van der Waals surface area contributed by atoms with Crippen molar-refractivity contribution in [3.05, 3.63) is 0 Å². The first kappa shape index (κ1) is 10.9. The molecule has 0 aromatic rings. The molecule has 0 radical (unpaired) electrons. The first-order valence-corrected chi connectivity index (χ1v) is 5.87. The van der Waals surface area contributed by atoms with Crippen molar-refractivity contribution in [3.63, 3.8) is 0 Å². The summed E-state index contributed by atoms with van der Waals surface area (Å²) in [5.41, 5.74) is 0. The Kier molecular flexibility index (Phi) is 3.26. The van der Waals surface area contributed by atoms with Crippen molar-refractivity contribution in [3.8, 4) is 0 Å². The third kappa shape index (κ3) is 2.32. The Morgan fingerprint density at radius 3 is 2.67 bits per heavy atom. The van der Waals surface area contributed by atoms with E-state index < -0.39 is 0 Å². The van der Waals surface area contributed by atoms with Crippen LogP contribution in [0.3, 0.4) is 0 Å². The molecule has 4 heteroatoms. The highest BCUT2D eigenvalue weighted by Crippen LogP contribution is 2.15. The standard InChI is InChI=1S/C11H21N3O/c1-13-6-3-4-9(13)8-12-10-5-7-14(2)11(10)15/h9-10,12H,3-8H2,1-2H3. The molecule has 1 amide bonds. The van der Waals surface area contributed by atoms with E-state index in [1.807, 2.05) is 11.9 Å². The highest BCUT2D eigenvalue weighted by Gasteiger charge is 2.30. The molecule has 2 heterocycles.